The van der Waals surface area contributed by atoms with Gasteiger partial charge in [0.05, 0.1) is 16.6 Å². The number of rotatable bonds is 4. The summed E-state index contributed by atoms with van der Waals surface area (Å²) < 4.78 is 11.8. The van der Waals surface area contributed by atoms with Crippen LogP contribution in [0.2, 0.25) is 0 Å². The molecule has 0 saturated heterocycles. The third-order valence-electron chi connectivity index (χ3n) is 3.10. The molecule has 3 rings (SSSR count). The highest BCUT2D eigenvalue weighted by molar-refractivity contribution is 6.01. The summed E-state index contributed by atoms with van der Waals surface area (Å²) in [5, 5.41) is 17.7. The van der Waals surface area contributed by atoms with Crippen molar-refractivity contribution < 1.29 is 19.2 Å². The monoisotopic (exact) mass is 316 g/mol. The molecule has 9 nitrogen and oxygen atoms in total. The molecule has 0 unspecified atom stereocenters. The minimum atomic E-state index is -0.543. The molecular formula is C14H12N4O5. The first-order valence-electron chi connectivity index (χ1n) is 6.59. The number of carbonyl (C=O) groups excluding carboxylic acids is 1. The number of anilines is 1. The van der Waals surface area contributed by atoms with E-state index in [9.17, 15) is 14.9 Å². The smallest absolute Gasteiger partial charge is 0.280 e. The molecule has 0 saturated carbocycles. The molecular weight excluding hydrogens is 304 g/mol. The predicted octanol–water partition coefficient (Wildman–Crippen LogP) is 1.71. The Hall–Kier alpha value is -3.36. The van der Waals surface area contributed by atoms with Gasteiger partial charge in [-0.2, -0.15) is 5.10 Å². The highest BCUT2D eigenvalue weighted by Crippen LogP contribution is 2.38. The highest BCUT2D eigenvalue weighted by atomic mass is 16.7. The molecule has 1 aromatic carbocycles. The molecule has 1 aliphatic heterocycles. The second-order valence-corrected chi connectivity index (χ2v) is 4.72. The maximum atomic E-state index is 11.8. The maximum Gasteiger partial charge on any atom is 0.280 e. The van der Waals surface area contributed by atoms with Gasteiger partial charge in [-0.3, -0.25) is 19.6 Å². The number of nitrogens with one attached hydrogen (secondary N) is 1. The fourth-order valence-electron chi connectivity index (χ4n) is 2.05. The Bertz CT molecular complexity index is 811. The van der Waals surface area contributed by atoms with Crippen LogP contribution in [0.3, 0.4) is 0 Å². The molecule has 2 heterocycles. The number of hydrogen-bond acceptors (Lipinski definition) is 6. The zero-order valence-corrected chi connectivity index (χ0v) is 12.1. The van der Waals surface area contributed by atoms with Gasteiger partial charge in [0.1, 0.15) is 0 Å². The number of ether oxygens (including phenoxy) is 2. The third kappa shape index (κ3) is 3.12. The van der Waals surface area contributed by atoms with E-state index in [-0.39, 0.29) is 18.0 Å². The molecule has 1 amide bonds. The van der Waals surface area contributed by atoms with E-state index in [0.29, 0.717) is 17.3 Å². The topological polar surface area (TPSA) is 109 Å². The molecule has 0 spiro atoms. The summed E-state index contributed by atoms with van der Waals surface area (Å²) in [6.45, 7) is 0.0137. The lowest BCUT2D eigenvalue weighted by Gasteiger charge is -2.01. The number of aromatic nitrogens is 2. The fraction of sp³-hybridized carbons (Fsp3) is 0.143. The second kappa shape index (κ2) is 5.79. The van der Waals surface area contributed by atoms with Gasteiger partial charge in [-0.25, -0.2) is 0 Å². The van der Waals surface area contributed by atoms with Gasteiger partial charge in [0.2, 0.25) is 12.7 Å². The summed E-state index contributed by atoms with van der Waals surface area (Å²) in [6, 6.07) is 4.37. The van der Waals surface area contributed by atoms with Gasteiger partial charge >= 0.3 is 0 Å². The Balaban J connectivity index is 1.81. The van der Waals surface area contributed by atoms with Gasteiger partial charge in [-0.15, -0.1) is 0 Å². The van der Waals surface area contributed by atoms with Crippen molar-refractivity contribution in [2.45, 2.75) is 0 Å². The minimum Gasteiger partial charge on any atom is -0.454 e. The second-order valence-electron chi connectivity index (χ2n) is 4.72. The largest absolute Gasteiger partial charge is 0.454 e. The zero-order valence-electron chi connectivity index (χ0n) is 12.1. The quantitative estimate of drug-likeness (QED) is 0.522. The molecule has 2 aromatic rings. The zero-order chi connectivity index (χ0) is 16.4. The van der Waals surface area contributed by atoms with Crippen molar-refractivity contribution in [3.8, 4) is 11.5 Å². The third-order valence-corrected chi connectivity index (χ3v) is 3.10. The molecule has 23 heavy (non-hydrogen) atoms. The van der Waals surface area contributed by atoms with E-state index in [0.717, 1.165) is 0 Å². The first kappa shape index (κ1) is 14.6. The van der Waals surface area contributed by atoms with E-state index in [1.807, 2.05) is 0 Å². The van der Waals surface area contributed by atoms with Crippen LogP contribution in [0.5, 0.6) is 11.5 Å². The van der Waals surface area contributed by atoms with Crippen LogP contribution in [0.25, 0.3) is 6.08 Å². The van der Waals surface area contributed by atoms with Gasteiger partial charge < -0.3 is 14.8 Å². The van der Waals surface area contributed by atoms with E-state index >= 15 is 0 Å². The van der Waals surface area contributed by atoms with Crippen LogP contribution in [0.4, 0.5) is 11.5 Å². The van der Waals surface area contributed by atoms with Crippen LogP contribution >= 0.6 is 0 Å². The number of nitro benzene ring substituents is 1. The molecule has 1 N–H and O–H groups in total. The standard InChI is InChI=1S/C14H12N4O5/c1-17-5-4-13(16-17)15-14(19)3-2-9-6-11-12(23-8-22-11)7-10(9)18(20)21/h2-7H,8H2,1H3,(H,15,16,19). The van der Waals surface area contributed by atoms with E-state index in [2.05, 4.69) is 10.4 Å². The van der Waals surface area contributed by atoms with Crippen molar-refractivity contribution in [1.82, 2.24) is 9.78 Å². The first-order valence-corrected chi connectivity index (χ1v) is 6.59. The van der Waals surface area contributed by atoms with Crippen molar-refractivity contribution in [3.63, 3.8) is 0 Å². The van der Waals surface area contributed by atoms with E-state index in [1.165, 1.54) is 24.3 Å². The Morgan fingerprint density at radius 2 is 2.17 bits per heavy atom. The lowest BCUT2D eigenvalue weighted by molar-refractivity contribution is -0.385. The Morgan fingerprint density at radius 1 is 1.43 bits per heavy atom. The number of carbonyl (C=O) groups is 1. The molecule has 0 radical (unpaired) electrons. The van der Waals surface area contributed by atoms with Crippen LogP contribution in [0.1, 0.15) is 5.56 Å². The van der Waals surface area contributed by atoms with Crippen molar-refractivity contribution in [2.24, 2.45) is 7.05 Å². The lowest BCUT2D eigenvalue weighted by atomic mass is 10.1. The molecule has 0 atom stereocenters. The van der Waals surface area contributed by atoms with Crippen LogP contribution in [0, 0.1) is 10.1 Å². The van der Waals surface area contributed by atoms with Gasteiger partial charge in [-0.1, -0.05) is 0 Å². The van der Waals surface area contributed by atoms with E-state index in [4.69, 9.17) is 9.47 Å². The molecule has 118 valence electrons. The Morgan fingerprint density at radius 3 is 2.83 bits per heavy atom. The molecule has 0 aliphatic carbocycles. The lowest BCUT2D eigenvalue weighted by Crippen LogP contribution is -2.08. The first-order chi connectivity index (χ1) is 11.0. The van der Waals surface area contributed by atoms with E-state index in [1.54, 1.807) is 24.0 Å². The summed E-state index contributed by atoms with van der Waals surface area (Å²) in [7, 11) is 1.72. The van der Waals surface area contributed by atoms with Gasteiger partial charge in [-0.05, 0) is 12.1 Å². The Kier molecular flexibility index (Phi) is 3.67. The van der Waals surface area contributed by atoms with Crippen LogP contribution in [-0.2, 0) is 11.8 Å². The van der Waals surface area contributed by atoms with Crippen molar-refractivity contribution in [1.29, 1.82) is 0 Å². The summed E-state index contributed by atoms with van der Waals surface area (Å²) in [6.07, 6.45) is 4.22. The minimum absolute atomic E-state index is 0.0137. The highest BCUT2D eigenvalue weighted by Gasteiger charge is 2.22. The number of amides is 1. The van der Waals surface area contributed by atoms with Crippen LogP contribution in [0.15, 0.2) is 30.5 Å². The predicted molar refractivity (Wildman–Crippen MR) is 80.1 cm³/mol. The van der Waals surface area contributed by atoms with Crippen molar-refractivity contribution in [2.75, 3.05) is 12.1 Å². The van der Waals surface area contributed by atoms with Crippen molar-refractivity contribution in [3.05, 3.63) is 46.1 Å². The molecule has 9 heteroatoms. The Labute approximate surface area is 130 Å². The summed E-state index contributed by atoms with van der Waals surface area (Å²) in [5.74, 6) is 0.658. The number of hydrogen-bond donors (Lipinski definition) is 1. The SMILES string of the molecule is Cn1ccc(NC(=O)C=Cc2cc3c(cc2[N+](=O)[O-])OCO3)n1. The molecule has 0 fully saturated rings. The maximum absolute atomic E-state index is 11.8. The number of nitro groups is 1. The number of nitrogens with zero attached hydrogens (tertiary/aromatic N) is 3. The average molecular weight is 316 g/mol. The summed E-state index contributed by atoms with van der Waals surface area (Å²) >= 11 is 0. The van der Waals surface area contributed by atoms with Crippen LogP contribution < -0.4 is 14.8 Å². The fourth-order valence-corrected chi connectivity index (χ4v) is 2.05. The average Bonchev–Trinajstić information content (AvgIpc) is 3.12. The number of benzene rings is 1. The molecule has 0 bridgehead atoms. The molecule has 1 aliphatic rings. The van der Waals surface area contributed by atoms with Gasteiger partial charge in [0.25, 0.3) is 5.69 Å². The van der Waals surface area contributed by atoms with E-state index < -0.39 is 10.8 Å². The summed E-state index contributed by atoms with van der Waals surface area (Å²) in [5.41, 5.74) is 0.0755. The van der Waals surface area contributed by atoms with Gasteiger partial charge in [0, 0.05) is 25.4 Å². The number of fused-ring (bicyclic) bond motifs is 1. The summed E-state index contributed by atoms with van der Waals surface area (Å²) in [4.78, 5) is 22.4. The van der Waals surface area contributed by atoms with Crippen LogP contribution in [-0.4, -0.2) is 27.4 Å². The van der Waals surface area contributed by atoms with Gasteiger partial charge in [0.15, 0.2) is 17.3 Å². The molecule has 1 aromatic heterocycles. The van der Waals surface area contributed by atoms with Crippen molar-refractivity contribution >= 4 is 23.5 Å². The number of aryl methyl sites for hydroxylation is 1. The normalized spacial score (nSPS) is 12.6.